The number of rotatable bonds is 4. The van der Waals surface area contributed by atoms with Gasteiger partial charge in [0.05, 0.1) is 0 Å². The molecule has 148 valence electrons. The van der Waals surface area contributed by atoms with Crippen molar-refractivity contribution in [3.8, 4) is 0 Å². The number of carbonyl (C=O) groups is 1. The second-order valence-corrected chi connectivity index (χ2v) is 6.68. The number of halogens is 2. The number of hydrogen-bond acceptors (Lipinski definition) is 5. The summed E-state index contributed by atoms with van der Waals surface area (Å²) in [5.41, 5.74) is 1.89. The molecule has 0 radical (unpaired) electrons. The molecule has 1 amide bonds. The predicted octanol–water partition coefficient (Wildman–Crippen LogP) is 3.46. The Bertz CT molecular complexity index is 987. The van der Waals surface area contributed by atoms with Gasteiger partial charge in [-0.3, -0.25) is 4.79 Å². The molecule has 29 heavy (non-hydrogen) atoms. The van der Waals surface area contributed by atoms with E-state index in [1.807, 2.05) is 0 Å². The van der Waals surface area contributed by atoms with E-state index in [0.29, 0.717) is 43.4 Å². The van der Waals surface area contributed by atoms with Crippen molar-refractivity contribution in [2.75, 3.05) is 36.4 Å². The number of benzene rings is 2. The zero-order valence-electron chi connectivity index (χ0n) is 15.6. The summed E-state index contributed by atoms with van der Waals surface area (Å²) in [6.07, 6.45) is 1.33. The van der Waals surface area contributed by atoms with Crippen LogP contribution in [0.4, 0.5) is 26.0 Å². The number of nitrogens with zero attached hydrogens (tertiary/aromatic N) is 4. The van der Waals surface area contributed by atoms with E-state index in [1.165, 1.54) is 30.6 Å². The molecular formula is C21H19F2N5O. The minimum atomic E-state index is -0.325. The summed E-state index contributed by atoms with van der Waals surface area (Å²) >= 11 is 0. The normalized spacial score (nSPS) is 14.0. The quantitative estimate of drug-likeness (QED) is 0.733. The van der Waals surface area contributed by atoms with Crippen LogP contribution in [0, 0.1) is 11.6 Å². The molecule has 2 aromatic carbocycles. The molecule has 1 N–H and O–H groups in total. The first-order chi connectivity index (χ1) is 14.1. The molecule has 4 rings (SSSR count). The fraction of sp³-hybridized carbons (Fsp3) is 0.190. The van der Waals surface area contributed by atoms with E-state index in [0.717, 1.165) is 5.69 Å². The lowest BCUT2D eigenvalue weighted by molar-refractivity contribution is 0.0740. The third-order valence-corrected chi connectivity index (χ3v) is 4.76. The van der Waals surface area contributed by atoms with Crippen LogP contribution in [0.3, 0.4) is 0 Å². The Balaban J connectivity index is 1.39. The van der Waals surface area contributed by atoms with Crippen LogP contribution in [-0.4, -0.2) is 47.0 Å². The maximum atomic E-state index is 13.1. The van der Waals surface area contributed by atoms with E-state index >= 15 is 0 Å². The number of carbonyl (C=O) groups excluding carboxylic acids is 1. The summed E-state index contributed by atoms with van der Waals surface area (Å²) in [7, 11) is 0. The topological polar surface area (TPSA) is 61.4 Å². The van der Waals surface area contributed by atoms with Crippen molar-refractivity contribution < 1.29 is 13.6 Å². The van der Waals surface area contributed by atoms with Gasteiger partial charge in [0.25, 0.3) is 5.91 Å². The van der Waals surface area contributed by atoms with E-state index < -0.39 is 0 Å². The fourth-order valence-corrected chi connectivity index (χ4v) is 3.21. The minimum Gasteiger partial charge on any atom is -0.368 e. The molecule has 0 saturated carbocycles. The number of piperazine rings is 1. The van der Waals surface area contributed by atoms with Crippen molar-refractivity contribution in [3.63, 3.8) is 0 Å². The maximum absolute atomic E-state index is 13.1. The van der Waals surface area contributed by atoms with Gasteiger partial charge in [-0.1, -0.05) is 0 Å². The van der Waals surface area contributed by atoms with Crippen molar-refractivity contribution >= 4 is 23.1 Å². The van der Waals surface area contributed by atoms with Gasteiger partial charge in [-0.2, -0.15) is 0 Å². The molecule has 0 atom stereocenters. The number of hydrogen-bond donors (Lipinski definition) is 1. The van der Waals surface area contributed by atoms with E-state index in [9.17, 15) is 13.6 Å². The van der Waals surface area contributed by atoms with Crippen LogP contribution in [-0.2, 0) is 0 Å². The van der Waals surface area contributed by atoms with Crippen LogP contribution in [0.1, 0.15) is 10.5 Å². The average molecular weight is 395 g/mol. The summed E-state index contributed by atoms with van der Waals surface area (Å²) in [5.74, 6) is -0.307. The summed E-state index contributed by atoms with van der Waals surface area (Å²) in [4.78, 5) is 24.9. The van der Waals surface area contributed by atoms with Crippen molar-refractivity contribution in [1.82, 2.24) is 14.9 Å². The lowest BCUT2D eigenvalue weighted by Gasteiger charge is -2.36. The highest BCUT2D eigenvalue weighted by Crippen LogP contribution is 2.19. The number of amides is 1. The molecule has 1 saturated heterocycles. The first-order valence-corrected chi connectivity index (χ1v) is 9.23. The Morgan fingerprint density at radius 1 is 0.862 bits per heavy atom. The standard InChI is InChI=1S/C21H19F2N5O/c22-15-1-5-17(6-2-15)26-20-13-19(24-14-25-20)21(29)28-11-9-27(10-12-28)18-7-3-16(23)4-8-18/h1-8,13-14H,9-12H2,(H,24,25,26). The van der Waals surface area contributed by atoms with Crippen LogP contribution in [0.15, 0.2) is 60.9 Å². The lowest BCUT2D eigenvalue weighted by atomic mass is 10.2. The molecule has 0 aliphatic carbocycles. The van der Waals surface area contributed by atoms with Crippen LogP contribution in [0.2, 0.25) is 0 Å². The maximum Gasteiger partial charge on any atom is 0.272 e. The molecule has 0 spiro atoms. The highest BCUT2D eigenvalue weighted by Gasteiger charge is 2.23. The van der Waals surface area contributed by atoms with Crippen LogP contribution < -0.4 is 10.2 Å². The van der Waals surface area contributed by atoms with Gasteiger partial charge in [0.2, 0.25) is 0 Å². The predicted molar refractivity (Wildman–Crippen MR) is 106 cm³/mol. The van der Waals surface area contributed by atoms with E-state index in [-0.39, 0.29) is 17.5 Å². The van der Waals surface area contributed by atoms with Crippen molar-refractivity contribution in [1.29, 1.82) is 0 Å². The Kier molecular flexibility index (Phi) is 5.33. The van der Waals surface area contributed by atoms with Crippen LogP contribution >= 0.6 is 0 Å². The lowest BCUT2D eigenvalue weighted by Crippen LogP contribution is -2.49. The fourth-order valence-electron chi connectivity index (χ4n) is 3.21. The molecule has 6 nitrogen and oxygen atoms in total. The molecule has 2 heterocycles. The first kappa shape index (κ1) is 18.8. The number of anilines is 3. The highest BCUT2D eigenvalue weighted by atomic mass is 19.1. The zero-order chi connectivity index (χ0) is 20.2. The molecule has 0 unspecified atom stereocenters. The molecule has 0 bridgehead atoms. The Morgan fingerprint density at radius 2 is 1.48 bits per heavy atom. The second kappa shape index (κ2) is 8.22. The van der Waals surface area contributed by atoms with Crippen LogP contribution in [0.5, 0.6) is 0 Å². The van der Waals surface area contributed by atoms with Crippen molar-refractivity contribution in [2.24, 2.45) is 0 Å². The molecule has 1 aliphatic heterocycles. The van der Waals surface area contributed by atoms with Crippen molar-refractivity contribution in [3.05, 3.63) is 78.3 Å². The number of aromatic nitrogens is 2. The molecule has 1 aromatic heterocycles. The van der Waals surface area contributed by atoms with Gasteiger partial charge in [0.15, 0.2) is 0 Å². The van der Waals surface area contributed by atoms with Gasteiger partial charge >= 0.3 is 0 Å². The van der Waals surface area contributed by atoms with Gasteiger partial charge in [0, 0.05) is 43.6 Å². The number of nitrogens with one attached hydrogen (secondary N) is 1. The Labute approximate surface area is 166 Å². The zero-order valence-corrected chi connectivity index (χ0v) is 15.6. The van der Waals surface area contributed by atoms with Crippen LogP contribution in [0.25, 0.3) is 0 Å². The Hall–Kier alpha value is -3.55. The van der Waals surface area contributed by atoms with Crippen molar-refractivity contribution in [2.45, 2.75) is 0 Å². The Morgan fingerprint density at radius 3 is 2.14 bits per heavy atom. The third kappa shape index (κ3) is 4.48. The monoisotopic (exact) mass is 395 g/mol. The van der Waals surface area contributed by atoms with Gasteiger partial charge in [-0.05, 0) is 48.5 Å². The summed E-state index contributed by atoms with van der Waals surface area (Å²) < 4.78 is 26.1. The molecular weight excluding hydrogens is 376 g/mol. The largest absolute Gasteiger partial charge is 0.368 e. The van der Waals surface area contributed by atoms with E-state index in [1.54, 1.807) is 35.2 Å². The average Bonchev–Trinajstić information content (AvgIpc) is 2.76. The van der Waals surface area contributed by atoms with E-state index in [2.05, 4.69) is 20.2 Å². The molecule has 1 fully saturated rings. The van der Waals surface area contributed by atoms with Gasteiger partial charge in [0.1, 0.15) is 29.5 Å². The third-order valence-electron chi connectivity index (χ3n) is 4.76. The second-order valence-electron chi connectivity index (χ2n) is 6.68. The summed E-state index contributed by atoms with van der Waals surface area (Å²) in [6, 6.07) is 13.8. The van der Waals surface area contributed by atoms with Gasteiger partial charge < -0.3 is 15.1 Å². The van der Waals surface area contributed by atoms with Gasteiger partial charge in [-0.15, -0.1) is 0 Å². The molecule has 3 aromatic rings. The first-order valence-electron chi connectivity index (χ1n) is 9.23. The summed E-state index contributed by atoms with van der Waals surface area (Å²) in [5, 5.41) is 3.04. The minimum absolute atomic E-state index is 0.173. The highest BCUT2D eigenvalue weighted by molar-refractivity contribution is 5.93. The molecule has 1 aliphatic rings. The summed E-state index contributed by atoms with van der Waals surface area (Å²) in [6.45, 7) is 2.40. The van der Waals surface area contributed by atoms with Gasteiger partial charge in [-0.25, -0.2) is 18.7 Å². The SMILES string of the molecule is O=C(c1cc(Nc2ccc(F)cc2)ncn1)N1CCN(c2ccc(F)cc2)CC1. The smallest absolute Gasteiger partial charge is 0.272 e. The van der Waals surface area contributed by atoms with E-state index in [4.69, 9.17) is 0 Å². The molecule has 8 heteroatoms.